The minimum Gasteiger partial charge on any atom is -0.373 e. The van der Waals surface area contributed by atoms with Crippen LogP contribution >= 0.6 is 0 Å². The van der Waals surface area contributed by atoms with E-state index in [1.54, 1.807) is 7.11 Å². The topological polar surface area (TPSA) is 26.3 Å². The standard InChI is InChI=1S/C9H12O2/c1-11-9-7-5-3-2-4-6(7)8(9)10/h3,5-7,9H,2,4H2,1H3/t6-,7+,9+/m1/s1. The SMILES string of the molecule is CO[C@@H]1C(=O)[C@@H]2CCC=C[C@H]12. The van der Waals surface area contributed by atoms with Crippen molar-refractivity contribution in [2.75, 3.05) is 7.11 Å². The van der Waals surface area contributed by atoms with Crippen molar-refractivity contribution >= 4 is 5.78 Å². The molecule has 0 aromatic heterocycles. The molecule has 0 N–H and O–H groups in total. The monoisotopic (exact) mass is 152 g/mol. The van der Waals surface area contributed by atoms with Gasteiger partial charge >= 0.3 is 0 Å². The van der Waals surface area contributed by atoms with Crippen molar-refractivity contribution < 1.29 is 9.53 Å². The van der Waals surface area contributed by atoms with E-state index >= 15 is 0 Å². The van der Waals surface area contributed by atoms with Crippen LogP contribution in [0.4, 0.5) is 0 Å². The lowest BCUT2D eigenvalue weighted by molar-refractivity contribution is -0.153. The summed E-state index contributed by atoms with van der Waals surface area (Å²) in [6.45, 7) is 0. The maximum atomic E-state index is 11.3. The first kappa shape index (κ1) is 7.04. The summed E-state index contributed by atoms with van der Waals surface area (Å²) in [4.78, 5) is 11.3. The second-order valence-corrected chi connectivity index (χ2v) is 3.25. The summed E-state index contributed by atoms with van der Waals surface area (Å²) in [6.07, 6.45) is 6.24. The third-order valence-electron chi connectivity index (χ3n) is 2.72. The normalized spacial score (nSPS) is 41.5. The molecule has 0 aromatic rings. The Balaban J connectivity index is 2.13. The predicted molar refractivity (Wildman–Crippen MR) is 41.2 cm³/mol. The molecule has 2 aliphatic carbocycles. The molecule has 2 rings (SSSR count). The van der Waals surface area contributed by atoms with Crippen molar-refractivity contribution in [2.45, 2.75) is 18.9 Å². The minimum absolute atomic E-state index is 0.128. The Labute approximate surface area is 66.2 Å². The molecular formula is C9H12O2. The number of carbonyl (C=O) groups is 1. The molecule has 0 unspecified atom stereocenters. The summed E-state index contributed by atoms with van der Waals surface area (Å²) < 4.78 is 5.07. The van der Waals surface area contributed by atoms with Gasteiger partial charge in [0.05, 0.1) is 0 Å². The van der Waals surface area contributed by atoms with Gasteiger partial charge in [-0.15, -0.1) is 0 Å². The van der Waals surface area contributed by atoms with Crippen molar-refractivity contribution in [3.63, 3.8) is 0 Å². The van der Waals surface area contributed by atoms with Crippen LogP contribution in [0.5, 0.6) is 0 Å². The fourth-order valence-corrected chi connectivity index (χ4v) is 2.05. The van der Waals surface area contributed by atoms with Crippen LogP contribution in [0.25, 0.3) is 0 Å². The van der Waals surface area contributed by atoms with Crippen LogP contribution in [-0.2, 0) is 9.53 Å². The first-order valence-electron chi connectivity index (χ1n) is 4.08. The summed E-state index contributed by atoms with van der Waals surface area (Å²) in [5.74, 6) is 0.980. The fourth-order valence-electron chi connectivity index (χ4n) is 2.05. The van der Waals surface area contributed by atoms with Gasteiger partial charge < -0.3 is 4.74 Å². The Bertz CT molecular complexity index is 208. The number of rotatable bonds is 1. The molecule has 0 spiro atoms. The number of ketones is 1. The zero-order valence-electron chi connectivity index (χ0n) is 6.62. The Hall–Kier alpha value is -0.630. The van der Waals surface area contributed by atoms with Crippen molar-refractivity contribution in [3.8, 4) is 0 Å². The first-order chi connectivity index (χ1) is 5.34. The highest BCUT2D eigenvalue weighted by atomic mass is 16.5. The summed E-state index contributed by atoms with van der Waals surface area (Å²) in [7, 11) is 1.61. The van der Waals surface area contributed by atoms with Gasteiger partial charge in [0.15, 0.2) is 5.78 Å². The van der Waals surface area contributed by atoms with Crippen molar-refractivity contribution in [2.24, 2.45) is 11.8 Å². The van der Waals surface area contributed by atoms with Gasteiger partial charge in [-0.2, -0.15) is 0 Å². The molecule has 60 valence electrons. The van der Waals surface area contributed by atoms with E-state index in [0.29, 0.717) is 11.7 Å². The molecule has 0 radical (unpaired) electrons. The average Bonchev–Trinajstić information content (AvgIpc) is 2.05. The van der Waals surface area contributed by atoms with Gasteiger partial charge in [-0.05, 0) is 12.8 Å². The number of methoxy groups -OCH3 is 1. The van der Waals surface area contributed by atoms with Crippen LogP contribution < -0.4 is 0 Å². The van der Waals surface area contributed by atoms with Gasteiger partial charge in [-0.3, -0.25) is 4.79 Å². The number of allylic oxidation sites excluding steroid dienone is 1. The van der Waals surface area contributed by atoms with E-state index in [1.807, 2.05) is 0 Å². The lowest BCUT2D eigenvalue weighted by atomic mass is 9.65. The number of Topliss-reactive ketones (excluding diaryl/α,β-unsaturated/α-hetero) is 1. The lowest BCUT2D eigenvalue weighted by Gasteiger charge is -2.42. The molecular weight excluding hydrogens is 140 g/mol. The quantitative estimate of drug-likeness (QED) is 0.527. The molecule has 1 fully saturated rings. The molecule has 0 bridgehead atoms. The molecule has 0 amide bonds. The van der Waals surface area contributed by atoms with Crippen molar-refractivity contribution in [1.82, 2.24) is 0 Å². The van der Waals surface area contributed by atoms with Crippen LogP contribution in [0.1, 0.15) is 12.8 Å². The third kappa shape index (κ3) is 0.857. The lowest BCUT2D eigenvalue weighted by Crippen LogP contribution is -2.52. The van der Waals surface area contributed by atoms with Crippen molar-refractivity contribution in [3.05, 3.63) is 12.2 Å². The van der Waals surface area contributed by atoms with Crippen molar-refractivity contribution in [1.29, 1.82) is 0 Å². The predicted octanol–water partition coefficient (Wildman–Crippen LogP) is 1.17. The van der Waals surface area contributed by atoms with Gasteiger partial charge in [0.2, 0.25) is 0 Å². The van der Waals surface area contributed by atoms with E-state index in [1.165, 1.54) is 0 Å². The van der Waals surface area contributed by atoms with E-state index < -0.39 is 0 Å². The molecule has 2 heteroatoms. The Kier molecular flexibility index (Phi) is 1.57. The Morgan fingerprint density at radius 3 is 3.18 bits per heavy atom. The van der Waals surface area contributed by atoms with E-state index in [0.717, 1.165) is 12.8 Å². The highest BCUT2D eigenvalue weighted by Crippen LogP contribution is 2.40. The van der Waals surface area contributed by atoms with E-state index in [-0.39, 0.29) is 12.0 Å². The smallest absolute Gasteiger partial charge is 0.165 e. The minimum atomic E-state index is -0.128. The molecule has 2 nitrogen and oxygen atoms in total. The van der Waals surface area contributed by atoms with Gasteiger partial charge in [0.25, 0.3) is 0 Å². The molecule has 11 heavy (non-hydrogen) atoms. The summed E-state index contributed by atoms with van der Waals surface area (Å²) >= 11 is 0. The Morgan fingerprint density at radius 2 is 2.45 bits per heavy atom. The molecule has 2 aliphatic rings. The van der Waals surface area contributed by atoms with E-state index in [9.17, 15) is 4.79 Å². The highest BCUT2D eigenvalue weighted by molar-refractivity contribution is 5.93. The number of hydrogen-bond donors (Lipinski definition) is 0. The Morgan fingerprint density at radius 1 is 1.64 bits per heavy atom. The fraction of sp³-hybridized carbons (Fsp3) is 0.667. The summed E-state index contributed by atoms with van der Waals surface area (Å²) in [5, 5.41) is 0. The maximum absolute atomic E-state index is 11.3. The number of carbonyl (C=O) groups excluding carboxylic acids is 1. The molecule has 0 heterocycles. The van der Waals surface area contributed by atoms with Crippen LogP contribution in [-0.4, -0.2) is 19.0 Å². The molecule has 0 saturated heterocycles. The van der Waals surface area contributed by atoms with Crippen LogP contribution in [0.2, 0.25) is 0 Å². The highest BCUT2D eigenvalue weighted by Gasteiger charge is 2.48. The summed E-state index contributed by atoms with van der Waals surface area (Å²) in [5.41, 5.74) is 0. The van der Waals surface area contributed by atoms with Gasteiger partial charge in [0, 0.05) is 18.9 Å². The second kappa shape index (κ2) is 2.45. The zero-order valence-corrected chi connectivity index (χ0v) is 6.62. The number of hydrogen-bond acceptors (Lipinski definition) is 2. The van der Waals surface area contributed by atoms with Crippen LogP contribution in [0.15, 0.2) is 12.2 Å². The molecule has 0 aliphatic heterocycles. The maximum Gasteiger partial charge on any atom is 0.165 e. The van der Waals surface area contributed by atoms with E-state index in [4.69, 9.17) is 4.74 Å². The zero-order chi connectivity index (χ0) is 7.84. The summed E-state index contributed by atoms with van der Waals surface area (Å²) in [6, 6.07) is 0. The first-order valence-corrected chi connectivity index (χ1v) is 4.08. The van der Waals surface area contributed by atoms with Gasteiger partial charge in [-0.1, -0.05) is 12.2 Å². The number of fused-ring (bicyclic) bond motifs is 1. The second-order valence-electron chi connectivity index (χ2n) is 3.25. The molecule has 1 saturated carbocycles. The van der Waals surface area contributed by atoms with Crippen LogP contribution in [0.3, 0.4) is 0 Å². The average molecular weight is 152 g/mol. The number of ether oxygens (including phenoxy) is 1. The van der Waals surface area contributed by atoms with Gasteiger partial charge in [0.1, 0.15) is 6.10 Å². The molecule has 0 aromatic carbocycles. The molecule has 3 atom stereocenters. The third-order valence-corrected chi connectivity index (χ3v) is 2.72. The largest absolute Gasteiger partial charge is 0.373 e. The van der Waals surface area contributed by atoms with E-state index in [2.05, 4.69) is 12.2 Å². The van der Waals surface area contributed by atoms with Gasteiger partial charge in [-0.25, -0.2) is 0 Å². The van der Waals surface area contributed by atoms with Crippen LogP contribution in [0, 0.1) is 11.8 Å².